The van der Waals surface area contributed by atoms with Crippen molar-refractivity contribution in [2.45, 2.75) is 31.7 Å². The molecule has 5 nitrogen and oxygen atoms in total. The van der Waals surface area contributed by atoms with Crippen molar-refractivity contribution in [1.29, 1.82) is 0 Å². The Labute approximate surface area is 118 Å². The van der Waals surface area contributed by atoms with Crippen LogP contribution in [0.4, 0.5) is 5.69 Å². The van der Waals surface area contributed by atoms with Crippen LogP contribution in [-0.4, -0.2) is 8.42 Å². The monoisotopic (exact) mass is 294 g/mol. The molecule has 1 heterocycles. The van der Waals surface area contributed by atoms with Gasteiger partial charge in [0.25, 0.3) is 0 Å². The zero-order valence-corrected chi connectivity index (χ0v) is 12.3. The average molecular weight is 294 g/mol. The van der Waals surface area contributed by atoms with Crippen LogP contribution >= 0.6 is 0 Å². The SMILES string of the molecule is CCc1ccc(CNc2ccc(C)c(S(N)(=O)=O)c2)o1. The normalized spacial score (nSPS) is 11.6. The smallest absolute Gasteiger partial charge is 0.238 e. The predicted molar refractivity (Wildman–Crippen MR) is 78.0 cm³/mol. The standard InChI is InChI=1S/C14H18N2O3S/c1-3-12-6-7-13(19-12)9-16-11-5-4-10(2)14(8-11)20(15,17)18/h4-8,16H,3,9H2,1-2H3,(H2,15,17,18). The van der Waals surface area contributed by atoms with Gasteiger partial charge in [-0.25, -0.2) is 13.6 Å². The maximum absolute atomic E-state index is 11.5. The largest absolute Gasteiger partial charge is 0.464 e. The Morgan fingerprint density at radius 2 is 1.90 bits per heavy atom. The summed E-state index contributed by atoms with van der Waals surface area (Å²) in [6.45, 7) is 4.23. The predicted octanol–water partition coefficient (Wildman–Crippen LogP) is 2.41. The van der Waals surface area contributed by atoms with E-state index in [0.29, 0.717) is 17.8 Å². The first-order chi connectivity index (χ1) is 9.40. The van der Waals surface area contributed by atoms with Crippen LogP contribution in [0.1, 0.15) is 24.0 Å². The second kappa shape index (κ2) is 5.68. The molecule has 108 valence electrons. The molecule has 1 aromatic carbocycles. The van der Waals surface area contributed by atoms with E-state index in [2.05, 4.69) is 5.32 Å². The summed E-state index contributed by atoms with van der Waals surface area (Å²) in [5.41, 5.74) is 1.32. The van der Waals surface area contributed by atoms with Crippen LogP contribution < -0.4 is 10.5 Å². The molecule has 3 N–H and O–H groups in total. The third kappa shape index (κ3) is 3.40. The van der Waals surface area contributed by atoms with Gasteiger partial charge in [0.2, 0.25) is 10.0 Å². The van der Waals surface area contributed by atoms with Gasteiger partial charge in [-0.05, 0) is 36.8 Å². The first kappa shape index (κ1) is 14.6. The summed E-state index contributed by atoms with van der Waals surface area (Å²) in [5, 5.41) is 8.31. The third-order valence-electron chi connectivity index (χ3n) is 3.03. The molecule has 0 unspecified atom stereocenters. The van der Waals surface area contributed by atoms with E-state index in [1.165, 1.54) is 6.07 Å². The Balaban J connectivity index is 2.14. The number of nitrogens with two attached hydrogens (primary N) is 1. The van der Waals surface area contributed by atoms with Crippen molar-refractivity contribution in [2.75, 3.05) is 5.32 Å². The van der Waals surface area contributed by atoms with Crippen molar-refractivity contribution in [3.05, 3.63) is 47.4 Å². The van der Waals surface area contributed by atoms with Gasteiger partial charge in [0.1, 0.15) is 11.5 Å². The highest BCUT2D eigenvalue weighted by molar-refractivity contribution is 7.89. The molecule has 0 aliphatic carbocycles. The lowest BCUT2D eigenvalue weighted by atomic mass is 10.2. The Morgan fingerprint density at radius 3 is 2.50 bits per heavy atom. The molecule has 0 fully saturated rings. The van der Waals surface area contributed by atoms with Gasteiger partial charge >= 0.3 is 0 Å². The molecule has 2 aromatic rings. The Morgan fingerprint density at radius 1 is 1.20 bits per heavy atom. The van der Waals surface area contributed by atoms with Crippen LogP contribution in [0.15, 0.2) is 39.6 Å². The van der Waals surface area contributed by atoms with Crippen molar-refractivity contribution in [3.8, 4) is 0 Å². The van der Waals surface area contributed by atoms with Gasteiger partial charge in [-0.1, -0.05) is 13.0 Å². The maximum Gasteiger partial charge on any atom is 0.238 e. The number of furan rings is 1. The molecule has 6 heteroatoms. The Hall–Kier alpha value is -1.79. The first-order valence-electron chi connectivity index (χ1n) is 6.35. The number of hydrogen-bond donors (Lipinski definition) is 2. The van der Waals surface area contributed by atoms with E-state index in [9.17, 15) is 8.42 Å². The molecule has 0 radical (unpaired) electrons. The number of sulfonamides is 1. The Bertz CT molecular complexity index is 705. The van der Waals surface area contributed by atoms with Crippen molar-refractivity contribution in [3.63, 3.8) is 0 Å². The molecular formula is C14H18N2O3S. The molecule has 0 saturated carbocycles. The van der Waals surface area contributed by atoms with Gasteiger partial charge in [-0.15, -0.1) is 0 Å². The lowest BCUT2D eigenvalue weighted by Gasteiger charge is -2.08. The van der Waals surface area contributed by atoms with Crippen molar-refractivity contribution in [1.82, 2.24) is 0 Å². The average Bonchev–Trinajstić information content (AvgIpc) is 2.84. The van der Waals surface area contributed by atoms with E-state index < -0.39 is 10.0 Å². The van der Waals surface area contributed by atoms with Crippen LogP contribution in [0.2, 0.25) is 0 Å². The van der Waals surface area contributed by atoms with E-state index in [1.54, 1.807) is 13.0 Å². The first-order valence-corrected chi connectivity index (χ1v) is 7.89. The highest BCUT2D eigenvalue weighted by atomic mass is 32.2. The van der Waals surface area contributed by atoms with E-state index in [4.69, 9.17) is 9.56 Å². The van der Waals surface area contributed by atoms with E-state index in [1.807, 2.05) is 25.1 Å². The molecule has 0 amide bonds. The van der Waals surface area contributed by atoms with Gasteiger partial charge in [0, 0.05) is 12.1 Å². The highest BCUT2D eigenvalue weighted by Crippen LogP contribution is 2.20. The molecule has 0 aliphatic heterocycles. The van der Waals surface area contributed by atoms with E-state index in [0.717, 1.165) is 17.9 Å². The third-order valence-corrected chi connectivity index (χ3v) is 4.08. The zero-order valence-electron chi connectivity index (χ0n) is 11.5. The molecule has 0 bridgehead atoms. The van der Waals surface area contributed by atoms with E-state index in [-0.39, 0.29) is 4.90 Å². The fourth-order valence-corrected chi connectivity index (χ4v) is 2.72. The van der Waals surface area contributed by atoms with Gasteiger partial charge < -0.3 is 9.73 Å². The number of anilines is 1. The van der Waals surface area contributed by atoms with Crippen molar-refractivity contribution in [2.24, 2.45) is 5.14 Å². The molecular weight excluding hydrogens is 276 g/mol. The van der Waals surface area contributed by atoms with E-state index >= 15 is 0 Å². The molecule has 1 aromatic heterocycles. The summed E-state index contributed by atoms with van der Waals surface area (Å²) < 4.78 is 28.5. The fourth-order valence-electron chi connectivity index (χ4n) is 1.91. The topological polar surface area (TPSA) is 85.3 Å². The lowest BCUT2D eigenvalue weighted by Crippen LogP contribution is -2.14. The molecule has 0 spiro atoms. The number of hydrogen-bond acceptors (Lipinski definition) is 4. The molecule has 2 rings (SSSR count). The quantitative estimate of drug-likeness (QED) is 0.886. The summed E-state index contributed by atoms with van der Waals surface area (Å²) in [4.78, 5) is 0.135. The van der Waals surface area contributed by atoms with Crippen LogP contribution in [0.3, 0.4) is 0 Å². The number of primary sulfonamides is 1. The molecule has 0 saturated heterocycles. The van der Waals surface area contributed by atoms with Gasteiger partial charge in [-0.2, -0.15) is 0 Å². The number of benzene rings is 1. The summed E-state index contributed by atoms with van der Waals surface area (Å²) in [6, 6.07) is 8.91. The second-order valence-electron chi connectivity index (χ2n) is 4.60. The summed E-state index contributed by atoms with van der Waals surface area (Å²) in [6.07, 6.45) is 0.847. The summed E-state index contributed by atoms with van der Waals surface area (Å²) in [5.74, 6) is 1.73. The molecule has 20 heavy (non-hydrogen) atoms. The van der Waals surface area contributed by atoms with Crippen molar-refractivity contribution < 1.29 is 12.8 Å². The minimum Gasteiger partial charge on any atom is -0.464 e. The van der Waals surface area contributed by atoms with Gasteiger partial charge in [-0.3, -0.25) is 0 Å². The van der Waals surface area contributed by atoms with Gasteiger partial charge in [0.05, 0.1) is 11.4 Å². The number of aryl methyl sites for hydroxylation is 2. The zero-order chi connectivity index (χ0) is 14.8. The highest BCUT2D eigenvalue weighted by Gasteiger charge is 2.12. The van der Waals surface area contributed by atoms with Crippen LogP contribution in [0, 0.1) is 6.92 Å². The number of rotatable bonds is 5. The second-order valence-corrected chi connectivity index (χ2v) is 6.13. The molecule has 0 atom stereocenters. The fraction of sp³-hybridized carbons (Fsp3) is 0.286. The minimum absolute atomic E-state index is 0.135. The number of nitrogens with one attached hydrogen (secondary N) is 1. The lowest BCUT2D eigenvalue weighted by molar-refractivity contribution is 0.476. The van der Waals surface area contributed by atoms with Crippen LogP contribution in [0.5, 0.6) is 0 Å². The minimum atomic E-state index is -3.70. The van der Waals surface area contributed by atoms with Crippen LogP contribution in [0.25, 0.3) is 0 Å². The van der Waals surface area contributed by atoms with Crippen LogP contribution in [-0.2, 0) is 23.0 Å². The Kier molecular flexibility index (Phi) is 4.15. The molecule has 0 aliphatic rings. The van der Waals surface area contributed by atoms with Crippen molar-refractivity contribution >= 4 is 15.7 Å². The summed E-state index contributed by atoms with van der Waals surface area (Å²) >= 11 is 0. The van der Waals surface area contributed by atoms with Gasteiger partial charge in [0.15, 0.2) is 0 Å². The summed E-state index contributed by atoms with van der Waals surface area (Å²) in [7, 11) is -3.70. The maximum atomic E-state index is 11.5.